The predicted molar refractivity (Wildman–Crippen MR) is 89.4 cm³/mol. The lowest BCUT2D eigenvalue weighted by atomic mass is 10.1. The molecule has 8 nitrogen and oxygen atoms in total. The maximum absolute atomic E-state index is 5.68. The van der Waals surface area contributed by atoms with Crippen LogP contribution < -0.4 is 14.8 Å². The van der Waals surface area contributed by atoms with E-state index in [1.54, 1.807) is 0 Å². The third-order valence-corrected chi connectivity index (χ3v) is 3.50. The van der Waals surface area contributed by atoms with Gasteiger partial charge in [0.25, 0.3) is 0 Å². The number of tetrazole rings is 1. The van der Waals surface area contributed by atoms with Crippen molar-refractivity contribution in [2.45, 2.75) is 26.8 Å². The molecule has 1 unspecified atom stereocenters. The molecule has 3 aromatic rings. The summed E-state index contributed by atoms with van der Waals surface area (Å²) in [7, 11) is 0. The number of fused-ring (bicyclic) bond motifs is 1. The number of nitrogens with one attached hydrogen (secondary N) is 1. The second-order valence-corrected chi connectivity index (χ2v) is 5.18. The van der Waals surface area contributed by atoms with Crippen LogP contribution in [0.3, 0.4) is 0 Å². The predicted octanol–water partition coefficient (Wildman–Crippen LogP) is 2.49. The van der Waals surface area contributed by atoms with Gasteiger partial charge in [-0.15, -0.1) is 14.8 Å². The Morgan fingerprint density at radius 2 is 1.88 bits per heavy atom. The number of benzene rings is 1. The molecule has 0 radical (unpaired) electrons. The van der Waals surface area contributed by atoms with E-state index in [1.807, 2.05) is 44.2 Å². The fourth-order valence-electron chi connectivity index (χ4n) is 2.37. The Bertz CT molecular complexity index is 819. The van der Waals surface area contributed by atoms with Gasteiger partial charge in [-0.1, -0.05) is 6.07 Å². The largest absolute Gasteiger partial charge is 0.490 e. The molecule has 1 aromatic carbocycles. The van der Waals surface area contributed by atoms with Crippen molar-refractivity contribution < 1.29 is 9.47 Å². The Hall–Kier alpha value is -2.90. The molecule has 1 N–H and O–H groups in total. The van der Waals surface area contributed by atoms with Crippen LogP contribution in [0.4, 0.5) is 5.82 Å². The molecule has 0 aliphatic heterocycles. The number of anilines is 1. The van der Waals surface area contributed by atoms with E-state index in [0.29, 0.717) is 24.7 Å². The average molecular weight is 328 g/mol. The lowest BCUT2D eigenvalue weighted by Crippen LogP contribution is -2.10. The second kappa shape index (κ2) is 7.12. The number of rotatable bonds is 7. The van der Waals surface area contributed by atoms with Crippen LogP contribution in [-0.4, -0.2) is 38.5 Å². The molecule has 0 amide bonds. The first-order valence-corrected chi connectivity index (χ1v) is 7.92. The summed E-state index contributed by atoms with van der Waals surface area (Å²) < 4.78 is 12.7. The smallest absolute Gasteiger partial charge is 0.200 e. The molecule has 0 saturated carbocycles. The van der Waals surface area contributed by atoms with E-state index in [-0.39, 0.29) is 6.04 Å². The van der Waals surface area contributed by atoms with E-state index < -0.39 is 0 Å². The van der Waals surface area contributed by atoms with Crippen LogP contribution in [0.2, 0.25) is 0 Å². The van der Waals surface area contributed by atoms with Crippen molar-refractivity contribution in [2.75, 3.05) is 18.5 Å². The molecule has 24 heavy (non-hydrogen) atoms. The van der Waals surface area contributed by atoms with E-state index >= 15 is 0 Å². The van der Waals surface area contributed by atoms with Gasteiger partial charge in [0.05, 0.1) is 19.3 Å². The number of aromatic nitrogens is 5. The number of hydrogen-bond donors (Lipinski definition) is 1. The fraction of sp³-hybridized carbons (Fsp3) is 0.375. The third kappa shape index (κ3) is 3.37. The van der Waals surface area contributed by atoms with E-state index in [9.17, 15) is 0 Å². The van der Waals surface area contributed by atoms with Crippen molar-refractivity contribution in [2.24, 2.45) is 0 Å². The van der Waals surface area contributed by atoms with Crippen LogP contribution in [0.1, 0.15) is 32.4 Å². The molecular weight excluding hydrogens is 308 g/mol. The van der Waals surface area contributed by atoms with Crippen LogP contribution in [0, 0.1) is 0 Å². The van der Waals surface area contributed by atoms with E-state index in [4.69, 9.17) is 9.47 Å². The summed E-state index contributed by atoms with van der Waals surface area (Å²) in [6.07, 6.45) is 0. The maximum atomic E-state index is 5.68. The lowest BCUT2D eigenvalue weighted by Gasteiger charge is -2.17. The summed E-state index contributed by atoms with van der Waals surface area (Å²) in [6, 6.07) is 9.62. The quantitative estimate of drug-likeness (QED) is 0.713. The van der Waals surface area contributed by atoms with Crippen LogP contribution in [0.5, 0.6) is 11.5 Å². The molecule has 2 aromatic heterocycles. The molecule has 0 bridgehead atoms. The number of ether oxygens (including phenoxy) is 2. The van der Waals surface area contributed by atoms with E-state index in [2.05, 4.69) is 32.9 Å². The van der Waals surface area contributed by atoms with Gasteiger partial charge in [0, 0.05) is 0 Å². The third-order valence-electron chi connectivity index (χ3n) is 3.50. The zero-order valence-corrected chi connectivity index (χ0v) is 13.9. The van der Waals surface area contributed by atoms with Gasteiger partial charge in [0.1, 0.15) is 5.82 Å². The minimum absolute atomic E-state index is 0.0290. The van der Waals surface area contributed by atoms with Gasteiger partial charge in [-0.05, 0) is 61.0 Å². The molecule has 0 aliphatic rings. The maximum Gasteiger partial charge on any atom is 0.200 e. The minimum atomic E-state index is 0.0290. The molecule has 0 spiro atoms. The highest BCUT2D eigenvalue weighted by molar-refractivity contribution is 5.47. The van der Waals surface area contributed by atoms with Gasteiger partial charge in [-0.25, -0.2) is 0 Å². The average Bonchev–Trinajstić information content (AvgIpc) is 3.04. The Kier molecular flexibility index (Phi) is 4.74. The molecule has 0 saturated heterocycles. The van der Waals surface area contributed by atoms with Crippen molar-refractivity contribution in [3.8, 4) is 11.5 Å². The first kappa shape index (κ1) is 16.0. The van der Waals surface area contributed by atoms with Crippen LogP contribution in [0.25, 0.3) is 5.65 Å². The van der Waals surface area contributed by atoms with E-state index in [1.165, 1.54) is 4.63 Å². The van der Waals surface area contributed by atoms with Gasteiger partial charge in [0.15, 0.2) is 17.1 Å². The van der Waals surface area contributed by atoms with Crippen molar-refractivity contribution in [3.63, 3.8) is 0 Å². The van der Waals surface area contributed by atoms with Gasteiger partial charge < -0.3 is 14.8 Å². The van der Waals surface area contributed by atoms with Gasteiger partial charge >= 0.3 is 0 Å². The Labute approximate surface area is 139 Å². The summed E-state index contributed by atoms with van der Waals surface area (Å²) in [5.74, 6) is 2.19. The zero-order valence-electron chi connectivity index (χ0n) is 13.9. The van der Waals surface area contributed by atoms with Gasteiger partial charge in [-0.2, -0.15) is 0 Å². The highest BCUT2D eigenvalue weighted by Crippen LogP contribution is 2.31. The SMILES string of the molecule is CCOc1ccc(C(C)Nc2ccc3nnnn3n2)cc1OCC. The first-order chi connectivity index (χ1) is 11.7. The van der Waals surface area contributed by atoms with Crippen LogP contribution in [0.15, 0.2) is 30.3 Å². The molecule has 8 heteroatoms. The van der Waals surface area contributed by atoms with Crippen molar-refractivity contribution in [1.29, 1.82) is 0 Å². The lowest BCUT2D eigenvalue weighted by molar-refractivity contribution is 0.287. The summed E-state index contributed by atoms with van der Waals surface area (Å²) >= 11 is 0. The first-order valence-electron chi connectivity index (χ1n) is 7.92. The number of hydrogen-bond acceptors (Lipinski definition) is 7. The molecule has 0 aliphatic carbocycles. The minimum Gasteiger partial charge on any atom is -0.490 e. The molecule has 3 rings (SSSR count). The Morgan fingerprint density at radius 3 is 2.67 bits per heavy atom. The monoisotopic (exact) mass is 328 g/mol. The van der Waals surface area contributed by atoms with Gasteiger partial charge in [0.2, 0.25) is 0 Å². The molecule has 1 atom stereocenters. The summed E-state index contributed by atoms with van der Waals surface area (Å²) in [4.78, 5) is 0. The second-order valence-electron chi connectivity index (χ2n) is 5.18. The standard InChI is InChI=1S/C16H20N6O2/c1-4-23-13-7-6-12(10-14(13)24-5-2)11(3)17-15-8-9-16-18-20-21-22(16)19-15/h6-11H,4-5H2,1-3H3,(H,17,19). The van der Waals surface area contributed by atoms with Crippen molar-refractivity contribution in [3.05, 3.63) is 35.9 Å². The van der Waals surface area contributed by atoms with Crippen LogP contribution >= 0.6 is 0 Å². The van der Waals surface area contributed by atoms with Crippen LogP contribution in [-0.2, 0) is 0 Å². The normalized spacial score (nSPS) is 12.1. The zero-order chi connectivity index (χ0) is 16.9. The van der Waals surface area contributed by atoms with Crippen molar-refractivity contribution in [1.82, 2.24) is 25.3 Å². The molecule has 126 valence electrons. The van der Waals surface area contributed by atoms with Gasteiger partial charge in [-0.3, -0.25) is 0 Å². The molecule has 0 fully saturated rings. The number of nitrogens with zero attached hydrogens (tertiary/aromatic N) is 5. The Morgan fingerprint density at radius 1 is 1.08 bits per heavy atom. The highest BCUT2D eigenvalue weighted by atomic mass is 16.5. The highest BCUT2D eigenvalue weighted by Gasteiger charge is 2.12. The molecule has 2 heterocycles. The topological polar surface area (TPSA) is 86.5 Å². The summed E-state index contributed by atoms with van der Waals surface area (Å²) in [5, 5.41) is 18.9. The molecular formula is C16H20N6O2. The fourth-order valence-corrected chi connectivity index (χ4v) is 2.37. The summed E-state index contributed by atoms with van der Waals surface area (Å²) in [5.41, 5.74) is 1.67. The Balaban J connectivity index is 1.80. The van der Waals surface area contributed by atoms with E-state index in [0.717, 1.165) is 17.1 Å². The van der Waals surface area contributed by atoms with Crippen molar-refractivity contribution >= 4 is 11.5 Å². The summed E-state index contributed by atoms with van der Waals surface area (Å²) in [6.45, 7) is 7.15.